The average molecular weight is 283 g/mol. The summed E-state index contributed by atoms with van der Waals surface area (Å²) in [6.45, 7) is 12.4. The Morgan fingerprint density at radius 3 is 2.53 bits per heavy atom. The van der Waals surface area contributed by atoms with Crippen LogP contribution in [0.25, 0.3) is 0 Å². The molecule has 108 valence electrons. The van der Waals surface area contributed by atoms with Crippen LogP contribution in [0.2, 0.25) is 5.02 Å². The zero-order chi connectivity index (χ0) is 14.5. The maximum absolute atomic E-state index is 6.20. The minimum atomic E-state index is 0.156. The molecule has 0 saturated heterocycles. The molecule has 1 aromatic carbocycles. The topological polar surface area (TPSA) is 29.3 Å². The quantitative estimate of drug-likeness (QED) is 0.823. The van der Waals surface area contributed by atoms with Crippen molar-refractivity contribution >= 4 is 11.6 Å². The Kier molecular flexibility index (Phi) is 6.31. The Bertz CT molecular complexity index is 402. The van der Waals surface area contributed by atoms with Crippen LogP contribution in [0.4, 0.5) is 0 Å². The zero-order valence-corrected chi connectivity index (χ0v) is 13.4. The van der Waals surface area contributed by atoms with E-state index in [4.69, 9.17) is 17.3 Å². The average Bonchev–Trinajstić information content (AvgIpc) is 2.34. The Morgan fingerprint density at radius 2 is 2.00 bits per heavy atom. The predicted molar refractivity (Wildman–Crippen MR) is 84.6 cm³/mol. The third kappa shape index (κ3) is 5.52. The van der Waals surface area contributed by atoms with Crippen LogP contribution >= 0.6 is 11.6 Å². The van der Waals surface area contributed by atoms with E-state index in [1.165, 1.54) is 5.56 Å². The Hall–Kier alpha value is -0.570. The summed E-state index contributed by atoms with van der Waals surface area (Å²) in [5.41, 5.74) is 8.41. The van der Waals surface area contributed by atoms with Crippen LogP contribution in [-0.2, 0) is 6.54 Å². The number of hydrogen-bond donors (Lipinski definition) is 1. The van der Waals surface area contributed by atoms with E-state index in [0.717, 1.165) is 36.6 Å². The maximum Gasteiger partial charge on any atom is 0.0438 e. The molecule has 0 fully saturated rings. The van der Waals surface area contributed by atoms with Gasteiger partial charge in [0.25, 0.3) is 0 Å². The van der Waals surface area contributed by atoms with Gasteiger partial charge < -0.3 is 5.73 Å². The zero-order valence-electron chi connectivity index (χ0n) is 12.7. The first-order valence-corrected chi connectivity index (χ1v) is 7.43. The van der Waals surface area contributed by atoms with Crippen molar-refractivity contribution in [2.75, 3.05) is 19.6 Å². The van der Waals surface area contributed by atoms with Crippen molar-refractivity contribution in [3.63, 3.8) is 0 Å². The molecule has 0 heterocycles. The monoisotopic (exact) mass is 282 g/mol. The molecule has 0 spiro atoms. The highest BCUT2D eigenvalue weighted by Gasteiger charge is 2.20. The van der Waals surface area contributed by atoms with Gasteiger partial charge in [-0.1, -0.05) is 44.5 Å². The fourth-order valence-electron chi connectivity index (χ4n) is 2.19. The normalized spacial score (nSPS) is 12.2. The predicted octanol–water partition coefficient (Wildman–Crippen LogP) is 3.85. The van der Waals surface area contributed by atoms with Gasteiger partial charge in [-0.3, -0.25) is 4.90 Å². The van der Waals surface area contributed by atoms with E-state index < -0.39 is 0 Å². The van der Waals surface area contributed by atoms with Crippen LogP contribution < -0.4 is 5.73 Å². The van der Waals surface area contributed by atoms with E-state index >= 15 is 0 Å². The van der Waals surface area contributed by atoms with Crippen molar-refractivity contribution < 1.29 is 0 Å². The van der Waals surface area contributed by atoms with Gasteiger partial charge in [0.05, 0.1) is 0 Å². The fraction of sp³-hybridized carbons (Fsp3) is 0.625. The molecule has 0 atom stereocenters. The van der Waals surface area contributed by atoms with Gasteiger partial charge in [-0.15, -0.1) is 0 Å². The van der Waals surface area contributed by atoms with Crippen molar-refractivity contribution in [2.45, 2.75) is 40.7 Å². The second kappa shape index (κ2) is 7.28. The standard InChI is InChI=1S/C16H27ClN2/c1-5-8-19(12-16(3,4)11-18)10-14-7-6-13(2)15(17)9-14/h6-7,9H,5,8,10-12,18H2,1-4H3. The fourth-order valence-corrected chi connectivity index (χ4v) is 2.40. The van der Waals surface area contributed by atoms with E-state index in [2.05, 4.69) is 43.9 Å². The van der Waals surface area contributed by atoms with Crippen LogP contribution in [0, 0.1) is 12.3 Å². The minimum absolute atomic E-state index is 0.156. The molecule has 19 heavy (non-hydrogen) atoms. The molecule has 0 aliphatic carbocycles. The highest BCUT2D eigenvalue weighted by Crippen LogP contribution is 2.20. The number of hydrogen-bond acceptors (Lipinski definition) is 2. The number of nitrogens with zero attached hydrogens (tertiary/aromatic N) is 1. The van der Waals surface area contributed by atoms with Gasteiger partial charge in [0.2, 0.25) is 0 Å². The maximum atomic E-state index is 6.20. The number of nitrogens with two attached hydrogens (primary N) is 1. The van der Waals surface area contributed by atoms with Crippen molar-refractivity contribution in [1.82, 2.24) is 4.90 Å². The number of rotatable bonds is 7. The van der Waals surface area contributed by atoms with Crippen LogP contribution in [0.3, 0.4) is 0 Å². The van der Waals surface area contributed by atoms with Crippen molar-refractivity contribution in [1.29, 1.82) is 0 Å². The smallest absolute Gasteiger partial charge is 0.0438 e. The number of benzene rings is 1. The van der Waals surface area contributed by atoms with Gasteiger partial charge in [-0.05, 0) is 49.0 Å². The molecule has 0 bridgehead atoms. The summed E-state index contributed by atoms with van der Waals surface area (Å²) in [5, 5.41) is 0.854. The highest BCUT2D eigenvalue weighted by atomic mass is 35.5. The molecular weight excluding hydrogens is 256 g/mol. The van der Waals surface area contributed by atoms with Crippen LogP contribution in [0.15, 0.2) is 18.2 Å². The summed E-state index contributed by atoms with van der Waals surface area (Å²) >= 11 is 6.20. The lowest BCUT2D eigenvalue weighted by molar-refractivity contribution is 0.176. The first kappa shape index (κ1) is 16.5. The second-order valence-corrected chi connectivity index (χ2v) is 6.57. The molecule has 0 unspecified atom stereocenters. The molecular formula is C16H27ClN2. The van der Waals surface area contributed by atoms with E-state index in [9.17, 15) is 0 Å². The van der Waals surface area contributed by atoms with Gasteiger partial charge in [-0.2, -0.15) is 0 Å². The van der Waals surface area contributed by atoms with Crippen LogP contribution in [0.1, 0.15) is 38.3 Å². The third-order valence-corrected chi connectivity index (χ3v) is 3.79. The van der Waals surface area contributed by atoms with Crippen molar-refractivity contribution in [3.8, 4) is 0 Å². The second-order valence-electron chi connectivity index (χ2n) is 6.16. The molecule has 1 aromatic rings. The van der Waals surface area contributed by atoms with Crippen molar-refractivity contribution in [2.24, 2.45) is 11.1 Å². The minimum Gasteiger partial charge on any atom is -0.330 e. The van der Waals surface area contributed by atoms with Gasteiger partial charge in [0, 0.05) is 18.1 Å². The lowest BCUT2D eigenvalue weighted by Crippen LogP contribution is -2.38. The Morgan fingerprint density at radius 1 is 1.32 bits per heavy atom. The van der Waals surface area contributed by atoms with Gasteiger partial charge in [-0.25, -0.2) is 0 Å². The molecule has 0 aliphatic heterocycles. The van der Waals surface area contributed by atoms with Crippen LogP contribution in [-0.4, -0.2) is 24.5 Å². The first-order chi connectivity index (χ1) is 8.88. The van der Waals surface area contributed by atoms with Crippen LogP contribution in [0.5, 0.6) is 0 Å². The lowest BCUT2D eigenvalue weighted by atomic mass is 9.93. The number of aryl methyl sites for hydroxylation is 1. The summed E-state index contributed by atoms with van der Waals surface area (Å²) in [4.78, 5) is 2.47. The lowest BCUT2D eigenvalue weighted by Gasteiger charge is -2.31. The summed E-state index contributed by atoms with van der Waals surface area (Å²) in [5.74, 6) is 0. The van der Waals surface area contributed by atoms with Gasteiger partial charge in [0.1, 0.15) is 0 Å². The summed E-state index contributed by atoms with van der Waals surface area (Å²) in [6, 6.07) is 6.34. The SMILES string of the molecule is CCCN(Cc1ccc(C)c(Cl)c1)CC(C)(C)CN. The summed E-state index contributed by atoms with van der Waals surface area (Å²) in [6.07, 6.45) is 1.15. The molecule has 0 aliphatic rings. The summed E-state index contributed by atoms with van der Waals surface area (Å²) in [7, 11) is 0. The molecule has 2 N–H and O–H groups in total. The Labute approximate surface area is 122 Å². The van der Waals surface area contributed by atoms with E-state index in [-0.39, 0.29) is 5.41 Å². The summed E-state index contributed by atoms with van der Waals surface area (Å²) < 4.78 is 0. The molecule has 0 radical (unpaired) electrons. The molecule has 0 amide bonds. The van der Waals surface area contributed by atoms with E-state index in [0.29, 0.717) is 6.54 Å². The van der Waals surface area contributed by atoms with Gasteiger partial charge in [0.15, 0.2) is 0 Å². The molecule has 0 aromatic heterocycles. The Balaban J connectivity index is 2.74. The molecule has 2 nitrogen and oxygen atoms in total. The molecule has 1 rings (SSSR count). The first-order valence-electron chi connectivity index (χ1n) is 7.05. The third-order valence-electron chi connectivity index (χ3n) is 3.39. The molecule has 3 heteroatoms. The molecule has 0 saturated carbocycles. The van der Waals surface area contributed by atoms with E-state index in [1.807, 2.05) is 6.92 Å². The van der Waals surface area contributed by atoms with E-state index in [1.54, 1.807) is 0 Å². The van der Waals surface area contributed by atoms with Crippen molar-refractivity contribution in [3.05, 3.63) is 34.3 Å². The largest absolute Gasteiger partial charge is 0.330 e. The highest BCUT2D eigenvalue weighted by molar-refractivity contribution is 6.31. The van der Waals surface area contributed by atoms with Gasteiger partial charge >= 0.3 is 0 Å². The number of halogens is 1.